The van der Waals surface area contributed by atoms with Crippen molar-refractivity contribution in [1.82, 2.24) is 26.6 Å². The van der Waals surface area contributed by atoms with Gasteiger partial charge in [-0.05, 0) is 18.9 Å². The second-order valence-corrected chi connectivity index (χ2v) is 6.68. The summed E-state index contributed by atoms with van der Waals surface area (Å²) in [6, 6.07) is 0. The van der Waals surface area contributed by atoms with E-state index in [0.717, 1.165) is 0 Å². The molecular weight excluding hydrogens is 410 g/mol. The minimum absolute atomic E-state index is 0.0284. The van der Waals surface area contributed by atoms with Crippen LogP contribution in [-0.2, 0) is 33.6 Å². The van der Waals surface area contributed by atoms with E-state index in [9.17, 15) is 33.6 Å². The first-order valence-electron chi connectivity index (χ1n) is 9.81. The van der Waals surface area contributed by atoms with Gasteiger partial charge in [0.2, 0.25) is 29.5 Å². The van der Waals surface area contributed by atoms with Gasteiger partial charge < -0.3 is 26.6 Å². The fraction of sp³-hybridized carbons (Fsp3) is 0.526. The lowest BCUT2D eigenvalue weighted by Gasteiger charge is -2.09. The zero-order valence-electron chi connectivity index (χ0n) is 17.1. The van der Waals surface area contributed by atoms with Crippen LogP contribution in [-0.4, -0.2) is 73.8 Å². The van der Waals surface area contributed by atoms with Gasteiger partial charge in [0.25, 0.3) is 0 Å². The van der Waals surface area contributed by atoms with E-state index < -0.39 is 42.6 Å². The number of amides is 5. The lowest BCUT2D eigenvalue weighted by atomic mass is 10.1. The molecule has 1 heterocycles. The van der Waals surface area contributed by atoms with Gasteiger partial charge in [0, 0.05) is 19.3 Å². The zero-order valence-corrected chi connectivity index (χ0v) is 17.1. The predicted octanol–water partition coefficient (Wildman–Crippen LogP) is -2.77. The van der Waals surface area contributed by atoms with Gasteiger partial charge in [0.1, 0.15) is 0 Å². The lowest BCUT2D eigenvalue weighted by molar-refractivity contribution is -0.129. The SMILES string of the molecule is O=C1/C=C\CCCC(=O)CNC(=O)CNC(=O)CNC(=O)CNC(=O)CNC(=O)CC1. The van der Waals surface area contributed by atoms with Crippen molar-refractivity contribution in [3.8, 4) is 0 Å². The minimum Gasteiger partial charge on any atom is -0.347 e. The highest BCUT2D eigenvalue weighted by Gasteiger charge is 2.11. The average molecular weight is 437 g/mol. The van der Waals surface area contributed by atoms with Crippen molar-refractivity contribution in [2.24, 2.45) is 0 Å². The molecule has 170 valence electrons. The number of rotatable bonds is 0. The van der Waals surface area contributed by atoms with E-state index in [1.54, 1.807) is 6.08 Å². The van der Waals surface area contributed by atoms with Gasteiger partial charge in [-0.25, -0.2) is 0 Å². The molecular formula is C19H27N5O7. The van der Waals surface area contributed by atoms with E-state index >= 15 is 0 Å². The van der Waals surface area contributed by atoms with Gasteiger partial charge in [-0.3, -0.25) is 33.6 Å². The van der Waals surface area contributed by atoms with Gasteiger partial charge >= 0.3 is 0 Å². The molecule has 0 bridgehead atoms. The molecule has 0 aromatic heterocycles. The molecule has 0 radical (unpaired) electrons. The van der Waals surface area contributed by atoms with Crippen molar-refractivity contribution >= 4 is 41.1 Å². The summed E-state index contributed by atoms with van der Waals surface area (Å²) in [7, 11) is 0. The van der Waals surface area contributed by atoms with Crippen LogP contribution in [0, 0.1) is 0 Å². The topological polar surface area (TPSA) is 180 Å². The standard InChI is InChI=1S/C19H27N5O7/c25-13-4-2-1-3-5-14(26)8-20-16(28)10-22-18(30)12-24-19(31)11-23-17(29)9-21-15(27)7-6-13/h2,4H,1,3,5-12H2,(H,20,28)(H,21,27)(H,22,30)(H,23,29)(H,24,31)/b4-2-. The number of allylic oxidation sites excluding steroid dienone is 2. The van der Waals surface area contributed by atoms with Gasteiger partial charge in [-0.2, -0.15) is 0 Å². The second kappa shape index (κ2) is 14.4. The molecule has 0 atom stereocenters. The normalized spacial score (nSPS) is 21.0. The Balaban J connectivity index is 2.57. The molecule has 12 nitrogen and oxygen atoms in total. The first-order chi connectivity index (χ1) is 14.8. The van der Waals surface area contributed by atoms with E-state index in [0.29, 0.717) is 12.8 Å². The van der Waals surface area contributed by atoms with Crippen molar-refractivity contribution in [2.45, 2.75) is 32.1 Å². The number of nitrogens with one attached hydrogen (secondary N) is 5. The summed E-state index contributed by atoms with van der Waals surface area (Å²) in [5.74, 6) is -3.37. The summed E-state index contributed by atoms with van der Waals surface area (Å²) >= 11 is 0. The highest BCUT2D eigenvalue weighted by molar-refractivity contribution is 5.94. The highest BCUT2D eigenvalue weighted by atomic mass is 16.2. The number of carbonyl (C=O) groups is 7. The summed E-state index contributed by atoms with van der Waals surface area (Å²) in [6.07, 6.45) is 4.01. The fourth-order valence-corrected chi connectivity index (χ4v) is 2.29. The number of hydrogen-bond donors (Lipinski definition) is 5. The van der Waals surface area contributed by atoms with Gasteiger partial charge in [0.15, 0.2) is 11.6 Å². The van der Waals surface area contributed by atoms with Gasteiger partial charge in [0.05, 0.1) is 32.7 Å². The average Bonchev–Trinajstić information content (AvgIpc) is 2.74. The monoisotopic (exact) mass is 437 g/mol. The lowest BCUT2D eigenvalue weighted by Crippen LogP contribution is -2.46. The van der Waals surface area contributed by atoms with Crippen LogP contribution >= 0.6 is 0 Å². The Bertz CT molecular complexity index is 748. The molecule has 31 heavy (non-hydrogen) atoms. The quantitative estimate of drug-likeness (QED) is 0.272. The molecule has 5 N–H and O–H groups in total. The van der Waals surface area contributed by atoms with E-state index in [1.807, 2.05) is 0 Å². The van der Waals surface area contributed by atoms with Crippen LogP contribution in [0.5, 0.6) is 0 Å². The summed E-state index contributed by atoms with van der Waals surface area (Å²) in [4.78, 5) is 81.7. The first-order valence-corrected chi connectivity index (χ1v) is 9.81. The maximum Gasteiger partial charge on any atom is 0.239 e. The van der Waals surface area contributed by atoms with Crippen molar-refractivity contribution in [3.63, 3.8) is 0 Å². The van der Waals surface area contributed by atoms with Crippen molar-refractivity contribution in [1.29, 1.82) is 0 Å². The molecule has 1 aliphatic heterocycles. The molecule has 5 amide bonds. The number of hydrogen-bond acceptors (Lipinski definition) is 7. The Morgan fingerprint density at radius 1 is 0.516 bits per heavy atom. The van der Waals surface area contributed by atoms with Gasteiger partial charge in [-0.1, -0.05) is 6.08 Å². The molecule has 0 saturated heterocycles. The number of Topliss-reactive ketones (excluding diaryl/α,β-unsaturated/α-hetero) is 1. The minimum atomic E-state index is -0.642. The Morgan fingerprint density at radius 2 is 0.968 bits per heavy atom. The van der Waals surface area contributed by atoms with Crippen LogP contribution in [0.15, 0.2) is 12.2 Å². The molecule has 0 saturated carbocycles. The Morgan fingerprint density at radius 3 is 1.48 bits per heavy atom. The van der Waals surface area contributed by atoms with Crippen LogP contribution in [0.2, 0.25) is 0 Å². The van der Waals surface area contributed by atoms with Crippen LogP contribution in [0.1, 0.15) is 32.1 Å². The predicted molar refractivity (Wildman–Crippen MR) is 107 cm³/mol. The van der Waals surface area contributed by atoms with E-state index in [-0.39, 0.29) is 50.5 Å². The maximum atomic E-state index is 11.7. The molecule has 0 aromatic rings. The third kappa shape index (κ3) is 13.3. The van der Waals surface area contributed by atoms with Crippen LogP contribution in [0.4, 0.5) is 0 Å². The highest BCUT2D eigenvalue weighted by Crippen LogP contribution is 2.00. The third-order valence-electron chi connectivity index (χ3n) is 4.00. The Hall–Kier alpha value is -3.57. The molecule has 0 aliphatic carbocycles. The maximum absolute atomic E-state index is 11.7. The molecule has 0 spiro atoms. The third-order valence-corrected chi connectivity index (χ3v) is 4.00. The van der Waals surface area contributed by atoms with E-state index in [1.165, 1.54) is 6.08 Å². The van der Waals surface area contributed by atoms with Gasteiger partial charge in [-0.15, -0.1) is 0 Å². The summed E-state index contributed by atoms with van der Waals surface area (Å²) < 4.78 is 0. The van der Waals surface area contributed by atoms with Crippen molar-refractivity contribution in [2.75, 3.05) is 32.7 Å². The molecule has 1 aliphatic rings. The number of ketones is 2. The molecule has 1 rings (SSSR count). The van der Waals surface area contributed by atoms with Crippen molar-refractivity contribution in [3.05, 3.63) is 12.2 Å². The zero-order chi connectivity index (χ0) is 23.1. The summed E-state index contributed by atoms with van der Waals surface area (Å²) in [5.41, 5.74) is 0. The molecule has 0 unspecified atom stereocenters. The van der Waals surface area contributed by atoms with Crippen LogP contribution in [0.25, 0.3) is 0 Å². The summed E-state index contributed by atoms with van der Waals surface area (Å²) in [6.45, 7) is -1.71. The van der Waals surface area contributed by atoms with Crippen LogP contribution in [0.3, 0.4) is 0 Å². The number of carbonyl (C=O) groups excluding carboxylic acids is 7. The molecule has 0 fully saturated rings. The Labute approximate surface area is 178 Å². The largest absolute Gasteiger partial charge is 0.347 e. The molecule has 12 heteroatoms. The fourth-order valence-electron chi connectivity index (χ4n) is 2.29. The van der Waals surface area contributed by atoms with E-state index in [4.69, 9.17) is 0 Å². The van der Waals surface area contributed by atoms with E-state index in [2.05, 4.69) is 26.6 Å². The summed E-state index contributed by atoms with van der Waals surface area (Å²) in [5, 5.41) is 11.5. The second-order valence-electron chi connectivity index (χ2n) is 6.68. The Kier molecular flexibility index (Phi) is 11.8. The molecule has 0 aromatic carbocycles. The van der Waals surface area contributed by atoms with Crippen LogP contribution < -0.4 is 26.6 Å². The smallest absolute Gasteiger partial charge is 0.239 e. The van der Waals surface area contributed by atoms with Crippen molar-refractivity contribution < 1.29 is 33.6 Å². The first kappa shape index (κ1) is 25.5.